The van der Waals surface area contributed by atoms with Crippen molar-refractivity contribution in [1.29, 1.82) is 0 Å². The average molecular weight is 314 g/mol. The molecular formula is C17H18N2O4. The highest BCUT2D eigenvalue weighted by molar-refractivity contribution is 5.91. The number of hydrogen-bond donors (Lipinski definition) is 2. The smallest absolute Gasteiger partial charge is 0.305 e. The van der Waals surface area contributed by atoms with Crippen molar-refractivity contribution in [3.8, 4) is 11.5 Å². The molecule has 2 aromatic rings. The first kappa shape index (κ1) is 15.0. The normalized spacial score (nSPS) is 12.9. The number of rotatable bonds is 5. The second-order valence-corrected chi connectivity index (χ2v) is 5.08. The Hall–Kier alpha value is -2.89. The highest BCUT2D eigenvalue weighted by Crippen LogP contribution is 2.35. The molecular weight excluding hydrogens is 296 g/mol. The van der Waals surface area contributed by atoms with Crippen LogP contribution in [0.25, 0.3) is 5.70 Å². The van der Waals surface area contributed by atoms with Crippen molar-refractivity contribution in [2.45, 2.75) is 12.8 Å². The summed E-state index contributed by atoms with van der Waals surface area (Å²) < 4.78 is 15.8. The van der Waals surface area contributed by atoms with E-state index < -0.39 is 0 Å². The summed E-state index contributed by atoms with van der Waals surface area (Å²) in [5.74, 6) is 1.27. The Balaban J connectivity index is 1.80. The first-order valence-corrected chi connectivity index (χ1v) is 7.28. The number of amides is 1. The summed E-state index contributed by atoms with van der Waals surface area (Å²) in [6.07, 6.45) is 5.28. The third-order valence-electron chi connectivity index (χ3n) is 3.72. The fourth-order valence-corrected chi connectivity index (χ4v) is 2.57. The van der Waals surface area contributed by atoms with E-state index in [0.717, 1.165) is 29.7 Å². The molecule has 3 rings (SSSR count). The fraction of sp³-hybridized carbons (Fsp3) is 0.235. The molecule has 0 saturated carbocycles. The molecule has 0 spiro atoms. The molecule has 0 radical (unpaired) electrons. The van der Waals surface area contributed by atoms with Gasteiger partial charge >= 0.3 is 5.91 Å². The first-order chi connectivity index (χ1) is 11.2. The number of methoxy groups -OCH3 is 2. The van der Waals surface area contributed by atoms with Gasteiger partial charge in [0.2, 0.25) is 0 Å². The molecule has 1 aromatic heterocycles. The highest BCUT2D eigenvalue weighted by atomic mass is 16.5. The minimum absolute atomic E-state index is 0.251. The van der Waals surface area contributed by atoms with E-state index in [1.54, 1.807) is 26.4 Å². The number of benzene rings is 1. The Labute approximate surface area is 134 Å². The summed E-state index contributed by atoms with van der Waals surface area (Å²) in [5.41, 5.74) is 8.54. The number of ether oxygens (including phenoxy) is 2. The van der Waals surface area contributed by atoms with Crippen LogP contribution in [-0.4, -0.2) is 20.1 Å². The van der Waals surface area contributed by atoms with Crippen LogP contribution in [0, 0.1) is 0 Å². The Bertz CT molecular complexity index is 735. The third kappa shape index (κ3) is 3.01. The number of allylic oxidation sites excluding steroid dienone is 1. The zero-order valence-corrected chi connectivity index (χ0v) is 13.0. The molecule has 6 nitrogen and oxygen atoms in total. The number of carbonyl (C=O) groups excluding carboxylic acids is 1. The highest BCUT2D eigenvalue weighted by Gasteiger charge is 2.18. The monoisotopic (exact) mass is 314 g/mol. The Morgan fingerprint density at radius 2 is 2.00 bits per heavy atom. The van der Waals surface area contributed by atoms with Gasteiger partial charge in [-0.25, -0.2) is 0 Å². The molecule has 1 amide bonds. The van der Waals surface area contributed by atoms with Crippen LogP contribution >= 0.6 is 0 Å². The molecule has 1 aromatic carbocycles. The molecule has 0 saturated heterocycles. The molecule has 23 heavy (non-hydrogen) atoms. The van der Waals surface area contributed by atoms with Crippen molar-refractivity contribution < 1.29 is 18.7 Å². The summed E-state index contributed by atoms with van der Waals surface area (Å²) in [4.78, 5) is 11.9. The van der Waals surface area contributed by atoms with Crippen LogP contribution in [0.15, 0.2) is 41.0 Å². The number of carbonyl (C=O) groups is 1. The minimum Gasteiger partial charge on any atom is -0.493 e. The van der Waals surface area contributed by atoms with Crippen LogP contribution in [0.3, 0.4) is 0 Å². The van der Waals surface area contributed by atoms with Gasteiger partial charge in [0.25, 0.3) is 0 Å². The molecule has 1 heterocycles. The lowest BCUT2D eigenvalue weighted by Crippen LogP contribution is -2.36. The summed E-state index contributed by atoms with van der Waals surface area (Å²) >= 11 is 0. The maximum absolute atomic E-state index is 11.9. The van der Waals surface area contributed by atoms with Crippen LogP contribution < -0.4 is 20.3 Å². The van der Waals surface area contributed by atoms with E-state index in [-0.39, 0.29) is 11.7 Å². The first-order valence-electron chi connectivity index (χ1n) is 7.28. The quantitative estimate of drug-likeness (QED) is 0.830. The molecule has 0 aliphatic heterocycles. The van der Waals surface area contributed by atoms with Crippen molar-refractivity contribution >= 4 is 11.6 Å². The second kappa shape index (κ2) is 6.48. The van der Waals surface area contributed by atoms with Crippen LogP contribution in [0.4, 0.5) is 0 Å². The molecule has 120 valence electrons. The number of nitrogens with one attached hydrogen (secondary N) is 2. The molecule has 0 fully saturated rings. The van der Waals surface area contributed by atoms with E-state index in [0.29, 0.717) is 11.5 Å². The van der Waals surface area contributed by atoms with Crippen molar-refractivity contribution in [3.05, 3.63) is 53.5 Å². The SMILES string of the molecule is COc1cc2c(cc1OC)C(NNC(=O)c1ccco1)=CCC2. The van der Waals surface area contributed by atoms with E-state index in [4.69, 9.17) is 13.9 Å². The number of hydrazine groups is 1. The lowest BCUT2D eigenvalue weighted by atomic mass is 9.94. The third-order valence-corrected chi connectivity index (χ3v) is 3.72. The summed E-state index contributed by atoms with van der Waals surface area (Å²) in [7, 11) is 3.22. The number of hydrogen-bond acceptors (Lipinski definition) is 5. The second-order valence-electron chi connectivity index (χ2n) is 5.08. The van der Waals surface area contributed by atoms with E-state index >= 15 is 0 Å². The molecule has 2 N–H and O–H groups in total. The summed E-state index contributed by atoms with van der Waals surface area (Å²) in [6.45, 7) is 0. The topological polar surface area (TPSA) is 72.7 Å². The van der Waals surface area contributed by atoms with Crippen LogP contribution in [-0.2, 0) is 6.42 Å². The zero-order valence-electron chi connectivity index (χ0n) is 13.0. The van der Waals surface area contributed by atoms with Crippen molar-refractivity contribution in [3.63, 3.8) is 0 Å². The van der Waals surface area contributed by atoms with E-state index in [2.05, 4.69) is 10.9 Å². The predicted octanol–water partition coefficient (Wildman–Crippen LogP) is 2.52. The van der Waals surface area contributed by atoms with Gasteiger partial charge < -0.3 is 13.9 Å². The number of fused-ring (bicyclic) bond motifs is 1. The maximum Gasteiger partial charge on any atom is 0.305 e. The standard InChI is InChI=1S/C17H18N2O4/c1-21-15-9-11-5-3-6-13(12(11)10-16(15)22-2)18-19-17(20)14-7-4-8-23-14/h4,6-10,18H,3,5H2,1-2H3,(H,19,20). The van der Waals surface area contributed by atoms with Crippen molar-refractivity contribution in [2.75, 3.05) is 14.2 Å². The molecule has 0 unspecified atom stereocenters. The largest absolute Gasteiger partial charge is 0.493 e. The average Bonchev–Trinajstić information content (AvgIpc) is 3.13. The Morgan fingerprint density at radius 1 is 1.22 bits per heavy atom. The lowest BCUT2D eigenvalue weighted by Gasteiger charge is -2.21. The van der Waals surface area contributed by atoms with Gasteiger partial charge in [-0.05, 0) is 42.7 Å². The van der Waals surface area contributed by atoms with E-state index in [1.165, 1.54) is 6.26 Å². The summed E-state index contributed by atoms with van der Waals surface area (Å²) in [6, 6.07) is 7.15. The van der Waals surface area contributed by atoms with E-state index in [1.807, 2.05) is 18.2 Å². The number of furan rings is 1. The fourth-order valence-electron chi connectivity index (χ4n) is 2.57. The van der Waals surface area contributed by atoms with Gasteiger partial charge in [0, 0.05) is 5.56 Å². The van der Waals surface area contributed by atoms with Crippen LogP contribution in [0.5, 0.6) is 11.5 Å². The molecule has 0 atom stereocenters. The maximum atomic E-state index is 11.9. The predicted molar refractivity (Wildman–Crippen MR) is 85.2 cm³/mol. The van der Waals surface area contributed by atoms with E-state index in [9.17, 15) is 4.79 Å². The molecule has 6 heteroatoms. The van der Waals surface area contributed by atoms with Gasteiger partial charge in [-0.15, -0.1) is 0 Å². The van der Waals surface area contributed by atoms with Gasteiger partial charge in [-0.3, -0.25) is 15.6 Å². The Morgan fingerprint density at radius 3 is 2.70 bits per heavy atom. The Kier molecular flexibility index (Phi) is 4.23. The minimum atomic E-state index is -0.330. The van der Waals surface area contributed by atoms with Crippen LogP contribution in [0.1, 0.15) is 28.1 Å². The zero-order chi connectivity index (χ0) is 16.2. The molecule has 1 aliphatic rings. The summed E-state index contributed by atoms with van der Waals surface area (Å²) in [5, 5.41) is 0. The van der Waals surface area contributed by atoms with Gasteiger partial charge in [0.05, 0.1) is 26.2 Å². The van der Waals surface area contributed by atoms with Crippen molar-refractivity contribution in [1.82, 2.24) is 10.9 Å². The molecule has 1 aliphatic carbocycles. The lowest BCUT2D eigenvalue weighted by molar-refractivity contribution is 0.0914. The van der Waals surface area contributed by atoms with Gasteiger partial charge in [0.1, 0.15) is 0 Å². The van der Waals surface area contributed by atoms with Gasteiger partial charge in [-0.1, -0.05) is 6.08 Å². The molecule has 0 bridgehead atoms. The van der Waals surface area contributed by atoms with Gasteiger partial charge in [0.15, 0.2) is 17.3 Å². The number of aryl methyl sites for hydroxylation is 1. The van der Waals surface area contributed by atoms with Crippen LogP contribution in [0.2, 0.25) is 0 Å². The van der Waals surface area contributed by atoms with Crippen molar-refractivity contribution in [2.24, 2.45) is 0 Å². The van der Waals surface area contributed by atoms with Gasteiger partial charge in [-0.2, -0.15) is 0 Å².